The zero-order valence-corrected chi connectivity index (χ0v) is 11.9. The number of carbonyl (C=O) groups is 1. The third kappa shape index (κ3) is 2.71. The quantitative estimate of drug-likeness (QED) is 0.896. The van der Waals surface area contributed by atoms with Crippen molar-refractivity contribution in [2.75, 3.05) is 0 Å². The van der Waals surface area contributed by atoms with Gasteiger partial charge in [-0.05, 0) is 24.5 Å². The first-order valence-corrected chi connectivity index (χ1v) is 6.86. The van der Waals surface area contributed by atoms with Crippen molar-refractivity contribution in [2.24, 2.45) is 18.7 Å². The smallest absolute Gasteiger partial charge is 0.152 e. The number of para-hydroxylation sites is 1. The molecule has 3 heteroatoms. The largest absolute Gasteiger partial charge is 0.350 e. The lowest BCUT2D eigenvalue weighted by atomic mass is 9.93. The first kappa shape index (κ1) is 13.8. The van der Waals surface area contributed by atoms with Crippen molar-refractivity contribution in [3.05, 3.63) is 36.0 Å². The van der Waals surface area contributed by atoms with Crippen LogP contribution in [0.1, 0.15) is 25.8 Å². The summed E-state index contributed by atoms with van der Waals surface area (Å²) in [7, 11) is 2.02. The van der Waals surface area contributed by atoms with Crippen molar-refractivity contribution in [3.8, 4) is 0 Å². The molecule has 0 radical (unpaired) electrons. The molecule has 19 heavy (non-hydrogen) atoms. The zero-order valence-electron chi connectivity index (χ0n) is 11.9. The molecule has 1 aromatic heterocycles. The van der Waals surface area contributed by atoms with Gasteiger partial charge in [-0.2, -0.15) is 0 Å². The van der Waals surface area contributed by atoms with E-state index in [1.165, 1.54) is 10.9 Å². The Morgan fingerprint density at radius 3 is 2.74 bits per heavy atom. The number of hydrogen-bond donors (Lipinski definition) is 1. The van der Waals surface area contributed by atoms with E-state index in [9.17, 15) is 4.79 Å². The lowest BCUT2D eigenvalue weighted by molar-refractivity contribution is -0.123. The monoisotopic (exact) mass is 258 g/mol. The maximum Gasteiger partial charge on any atom is 0.152 e. The van der Waals surface area contributed by atoms with Gasteiger partial charge in [0.2, 0.25) is 0 Å². The minimum Gasteiger partial charge on any atom is -0.350 e. The highest BCUT2D eigenvalue weighted by Crippen LogP contribution is 2.22. The molecule has 2 atom stereocenters. The summed E-state index contributed by atoms with van der Waals surface area (Å²) in [6, 6.07) is 7.82. The van der Waals surface area contributed by atoms with E-state index >= 15 is 0 Å². The number of hydrogen-bond acceptors (Lipinski definition) is 2. The molecule has 2 unspecified atom stereocenters. The Morgan fingerprint density at radius 2 is 2.05 bits per heavy atom. The van der Waals surface area contributed by atoms with E-state index in [1.807, 2.05) is 33.0 Å². The van der Waals surface area contributed by atoms with Gasteiger partial charge in [-0.3, -0.25) is 4.79 Å². The van der Waals surface area contributed by atoms with Crippen LogP contribution in [0, 0.1) is 5.92 Å². The molecule has 2 aromatic rings. The van der Waals surface area contributed by atoms with Crippen molar-refractivity contribution in [3.63, 3.8) is 0 Å². The fourth-order valence-corrected chi connectivity index (χ4v) is 2.49. The predicted molar refractivity (Wildman–Crippen MR) is 79.1 cm³/mol. The van der Waals surface area contributed by atoms with E-state index in [1.54, 1.807) is 0 Å². The fourth-order valence-electron chi connectivity index (χ4n) is 2.49. The Kier molecular flexibility index (Phi) is 4.05. The minimum absolute atomic E-state index is 0.0463. The first-order valence-electron chi connectivity index (χ1n) is 6.86. The molecule has 2 N–H and O–H groups in total. The maximum absolute atomic E-state index is 12.1. The average molecular weight is 258 g/mol. The molecular formula is C16H22N2O. The second kappa shape index (κ2) is 5.57. The third-order valence-electron chi connectivity index (χ3n) is 3.88. The summed E-state index contributed by atoms with van der Waals surface area (Å²) in [6.07, 6.45) is 3.54. The molecule has 0 aliphatic heterocycles. The number of carbonyl (C=O) groups excluding carboxylic acids is 1. The Labute approximate surface area is 114 Å². The van der Waals surface area contributed by atoms with Crippen molar-refractivity contribution in [2.45, 2.75) is 32.7 Å². The summed E-state index contributed by atoms with van der Waals surface area (Å²) in [6.45, 7) is 3.97. The first-order chi connectivity index (χ1) is 9.04. The zero-order chi connectivity index (χ0) is 14.0. The van der Waals surface area contributed by atoms with E-state index in [-0.39, 0.29) is 11.7 Å². The number of ketones is 1. The highest BCUT2D eigenvalue weighted by molar-refractivity contribution is 5.88. The number of aromatic nitrogens is 1. The van der Waals surface area contributed by atoms with Gasteiger partial charge < -0.3 is 10.3 Å². The van der Waals surface area contributed by atoms with E-state index in [0.717, 1.165) is 12.0 Å². The van der Waals surface area contributed by atoms with E-state index in [2.05, 4.69) is 22.9 Å². The Bertz CT molecular complexity index is 585. The van der Waals surface area contributed by atoms with Gasteiger partial charge in [0.15, 0.2) is 5.78 Å². The van der Waals surface area contributed by atoms with Crippen LogP contribution in [-0.2, 0) is 18.3 Å². The number of nitrogens with zero attached hydrogens (tertiary/aromatic N) is 1. The van der Waals surface area contributed by atoms with Crippen LogP contribution < -0.4 is 5.73 Å². The topological polar surface area (TPSA) is 48.0 Å². The summed E-state index contributed by atoms with van der Waals surface area (Å²) in [5.41, 5.74) is 8.40. The molecule has 102 valence electrons. The van der Waals surface area contributed by atoms with Crippen LogP contribution in [0.15, 0.2) is 30.5 Å². The Hall–Kier alpha value is -1.61. The van der Waals surface area contributed by atoms with E-state index < -0.39 is 6.04 Å². The van der Waals surface area contributed by atoms with Gasteiger partial charge in [0.05, 0.1) is 6.04 Å². The number of benzene rings is 1. The van der Waals surface area contributed by atoms with Gasteiger partial charge in [-0.25, -0.2) is 0 Å². The normalized spacial score (nSPS) is 14.5. The number of rotatable bonds is 5. The number of Topliss-reactive ketones (excluding diaryl/α,β-unsaturated/α-hetero) is 1. The molecule has 1 heterocycles. The molecule has 0 saturated heterocycles. The highest BCUT2D eigenvalue weighted by atomic mass is 16.1. The molecule has 0 bridgehead atoms. The molecule has 0 spiro atoms. The molecule has 0 fully saturated rings. The summed E-state index contributed by atoms with van der Waals surface area (Å²) >= 11 is 0. The van der Waals surface area contributed by atoms with Crippen LogP contribution in [0.3, 0.4) is 0 Å². The molecular weight excluding hydrogens is 236 g/mol. The van der Waals surface area contributed by atoms with Gasteiger partial charge in [0.25, 0.3) is 0 Å². The summed E-state index contributed by atoms with van der Waals surface area (Å²) < 4.78 is 2.09. The van der Waals surface area contributed by atoms with Crippen LogP contribution in [0.5, 0.6) is 0 Å². The second-order valence-corrected chi connectivity index (χ2v) is 5.30. The van der Waals surface area contributed by atoms with E-state index in [0.29, 0.717) is 6.42 Å². The van der Waals surface area contributed by atoms with Crippen LogP contribution >= 0.6 is 0 Å². The van der Waals surface area contributed by atoms with Gasteiger partial charge in [0, 0.05) is 30.1 Å². The summed E-state index contributed by atoms with van der Waals surface area (Å²) in [4.78, 5) is 12.1. The lowest BCUT2D eigenvalue weighted by Gasteiger charge is -2.14. The molecule has 0 amide bonds. The maximum atomic E-state index is 12.1. The van der Waals surface area contributed by atoms with Crippen LogP contribution in [0.4, 0.5) is 0 Å². The van der Waals surface area contributed by atoms with Gasteiger partial charge in [-0.1, -0.05) is 32.0 Å². The van der Waals surface area contributed by atoms with Crippen molar-refractivity contribution >= 4 is 16.7 Å². The minimum atomic E-state index is -0.402. The van der Waals surface area contributed by atoms with Gasteiger partial charge in [-0.15, -0.1) is 0 Å². The Balaban J connectivity index is 2.24. The Morgan fingerprint density at radius 1 is 1.37 bits per heavy atom. The van der Waals surface area contributed by atoms with Crippen molar-refractivity contribution < 1.29 is 4.79 Å². The van der Waals surface area contributed by atoms with Crippen LogP contribution in [0.2, 0.25) is 0 Å². The standard InChI is InChI=1S/C16H22N2O/c1-4-11(2)16(19)14(17)9-12-10-18(3)15-8-6-5-7-13(12)15/h5-8,10-11,14H,4,9,17H2,1-3H3. The fraction of sp³-hybridized carbons (Fsp3) is 0.438. The lowest BCUT2D eigenvalue weighted by Crippen LogP contribution is -2.36. The molecule has 2 rings (SSSR count). The molecule has 0 aliphatic carbocycles. The molecule has 3 nitrogen and oxygen atoms in total. The number of fused-ring (bicyclic) bond motifs is 1. The van der Waals surface area contributed by atoms with E-state index in [4.69, 9.17) is 5.73 Å². The second-order valence-electron chi connectivity index (χ2n) is 5.30. The number of aryl methyl sites for hydroxylation is 1. The predicted octanol–water partition coefficient (Wildman–Crippen LogP) is 2.66. The van der Waals surface area contributed by atoms with Crippen molar-refractivity contribution in [1.82, 2.24) is 4.57 Å². The molecule has 1 aromatic carbocycles. The highest BCUT2D eigenvalue weighted by Gasteiger charge is 2.20. The summed E-state index contributed by atoms with van der Waals surface area (Å²) in [5, 5.41) is 1.19. The van der Waals surface area contributed by atoms with Crippen LogP contribution in [0.25, 0.3) is 10.9 Å². The number of nitrogens with two attached hydrogens (primary N) is 1. The van der Waals surface area contributed by atoms with Gasteiger partial charge in [0.1, 0.15) is 0 Å². The molecule has 0 aliphatic rings. The van der Waals surface area contributed by atoms with Crippen LogP contribution in [-0.4, -0.2) is 16.4 Å². The van der Waals surface area contributed by atoms with Crippen molar-refractivity contribution in [1.29, 1.82) is 0 Å². The molecule has 0 saturated carbocycles. The SMILES string of the molecule is CCC(C)C(=O)C(N)Cc1cn(C)c2ccccc12. The third-order valence-corrected chi connectivity index (χ3v) is 3.88. The average Bonchev–Trinajstić information content (AvgIpc) is 2.74. The summed E-state index contributed by atoms with van der Waals surface area (Å²) in [5.74, 6) is 0.209. The van der Waals surface area contributed by atoms with Gasteiger partial charge >= 0.3 is 0 Å².